The van der Waals surface area contributed by atoms with Crippen molar-refractivity contribution in [2.75, 3.05) is 0 Å². The maximum absolute atomic E-state index is 12.1. The van der Waals surface area contributed by atoms with Crippen molar-refractivity contribution in [3.05, 3.63) is 34.3 Å². The first-order valence-corrected chi connectivity index (χ1v) is 4.64. The predicted molar refractivity (Wildman–Crippen MR) is 50.6 cm³/mol. The van der Waals surface area contributed by atoms with Gasteiger partial charge in [0.2, 0.25) is 0 Å². The number of aryl methyl sites for hydroxylation is 1. The topological polar surface area (TPSA) is 0 Å². The summed E-state index contributed by atoms with van der Waals surface area (Å²) in [6.07, 6.45) is -4.45. The lowest BCUT2D eigenvalue weighted by Gasteiger charge is -2.09. The van der Waals surface area contributed by atoms with Crippen LogP contribution in [0.25, 0.3) is 0 Å². The van der Waals surface area contributed by atoms with E-state index in [1.54, 1.807) is 6.07 Å². The van der Waals surface area contributed by atoms with Crippen LogP contribution < -0.4 is 0 Å². The fourth-order valence-electron chi connectivity index (χ4n) is 1.20. The quantitative estimate of drug-likeness (QED) is 0.709. The molecule has 1 aromatic rings. The Hall–Kier alpha value is -0.700. The summed E-state index contributed by atoms with van der Waals surface area (Å²) in [5.41, 5.74) is 1.02. The highest BCUT2D eigenvalue weighted by molar-refractivity contribution is 6.31. The van der Waals surface area contributed by atoms with E-state index < -0.39 is 12.6 Å². The van der Waals surface area contributed by atoms with Gasteiger partial charge in [-0.05, 0) is 23.6 Å². The largest absolute Gasteiger partial charge is 0.393 e. The minimum absolute atomic E-state index is 0.151. The van der Waals surface area contributed by atoms with Crippen molar-refractivity contribution < 1.29 is 13.2 Å². The summed E-state index contributed by atoms with van der Waals surface area (Å²) >= 11 is 5.66. The molecule has 0 amide bonds. The average Bonchev–Trinajstić information content (AvgIpc) is 2.06. The fourth-order valence-corrected chi connectivity index (χ4v) is 1.38. The van der Waals surface area contributed by atoms with Gasteiger partial charge < -0.3 is 0 Å². The highest BCUT2D eigenvalue weighted by atomic mass is 35.5. The molecule has 0 aliphatic rings. The van der Waals surface area contributed by atoms with E-state index in [0.717, 1.165) is 5.56 Å². The number of alkyl halides is 3. The second-order valence-electron chi connectivity index (χ2n) is 3.07. The Bertz CT molecular complexity index is 318. The van der Waals surface area contributed by atoms with Crippen molar-refractivity contribution in [2.45, 2.75) is 25.9 Å². The van der Waals surface area contributed by atoms with Gasteiger partial charge in [-0.2, -0.15) is 13.2 Å². The molecule has 0 heterocycles. The van der Waals surface area contributed by atoms with Crippen LogP contribution >= 0.6 is 11.6 Å². The van der Waals surface area contributed by atoms with Crippen molar-refractivity contribution in [1.82, 2.24) is 0 Å². The Labute approximate surface area is 85.7 Å². The van der Waals surface area contributed by atoms with Gasteiger partial charge in [-0.25, -0.2) is 0 Å². The van der Waals surface area contributed by atoms with E-state index in [1.165, 1.54) is 12.1 Å². The molecular formula is C10H10ClF3. The maximum atomic E-state index is 12.1. The summed E-state index contributed by atoms with van der Waals surface area (Å²) in [4.78, 5) is 0. The van der Waals surface area contributed by atoms with Gasteiger partial charge in [0.05, 0.1) is 6.42 Å². The Morgan fingerprint density at radius 1 is 1.29 bits per heavy atom. The van der Waals surface area contributed by atoms with Crippen LogP contribution in [0.15, 0.2) is 18.2 Å². The summed E-state index contributed by atoms with van der Waals surface area (Å²) in [6, 6.07) is 4.76. The van der Waals surface area contributed by atoms with Gasteiger partial charge in [0.25, 0.3) is 0 Å². The van der Waals surface area contributed by atoms with Crippen LogP contribution in [0.5, 0.6) is 0 Å². The molecule has 0 unspecified atom stereocenters. The van der Waals surface area contributed by atoms with Crippen LogP contribution in [0, 0.1) is 0 Å². The molecule has 0 atom stereocenters. The molecule has 14 heavy (non-hydrogen) atoms. The molecule has 0 N–H and O–H groups in total. The van der Waals surface area contributed by atoms with Crippen LogP contribution in [-0.4, -0.2) is 6.18 Å². The van der Waals surface area contributed by atoms with Gasteiger partial charge in [-0.1, -0.05) is 30.7 Å². The first-order valence-electron chi connectivity index (χ1n) is 4.26. The Morgan fingerprint density at radius 2 is 1.93 bits per heavy atom. The summed E-state index contributed by atoms with van der Waals surface area (Å²) in [7, 11) is 0. The van der Waals surface area contributed by atoms with Gasteiger partial charge in [0, 0.05) is 5.02 Å². The monoisotopic (exact) mass is 222 g/mol. The Balaban J connectivity index is 2.95. The number of rotatable bonds is 2. The second kappa shape index (κ2) is 4.22. The minimum Gasteiger partial charge on any atom is -0.171 e. The normalized spacial score (nSPS) is 11.8. The summed E-state index contributed by atoms with van der Waals surface area (Å²) in [6.45, 7) is 1.89. The third-order valence-electron chi connectivity index (χ3n) is 1.91. The lowest BCUT2D eigenvalue weighted by molar-refractivity contribution is -0.127. The number of benzene rings is 1. The molecular weight excluding hydrogens is 213 g/mol. The molecule has 0 saturated heterocycles. The lowest BCUT2D eigenvalue weighted by atomic mass is 10.1. The summed E-state index contributed by atoms with van der Waals surface area (Å²) < 4.78 is 36.3. The number of halogens is 4. The van der Waals surface area contributed by atoms with E-state index >= 15 is 0 Å². The van der Waals surface area contributed by atoms with Gasteiger partial charge in [0.15, 0.2) is 0 Å². The van der Waals surface area contributed by atoms with Crippen LogP contribution in [0.2, 0.25) is 5.02 Å². The predicted octanol–water partition coefficient (Wildman–Crippen LogP) is 4.01. The summed E-state index contributed by atoms with van der Waals surface area (Å²) in [5.74, 6) is 0. The molecule has 1 aromatic carbocycles. The van der Waals surface area contributed by atoms with Crippen molar-refractivity contribution >= 4 is 11.6 Å². The Morgan fingerprint density at radius 3 is 2.43 bits per heavy atom. The second-order valence-corrected chi connectivity index (χ2v) is 3.48. The molecule has 0 saturated carbocycles. The molecule has 0 aliphatic heterocycles. The molecule has 0 aliphatic carbocycles. The van der Waals surface area contributed by atoms with Gasteiger partial charge in [0.1, 0.15) is 0 Å². The zero-order chi connectivity index (χ0) is 10.8. The van der Waals surface area contributed by atoms with Gasteiger partial charge in [-0.15, -0.1) is 0 Å². The first kappa shape index (κ1) is 11.4. The van der Waals surface area contributed by atoms with E-state index in [1.807, 2.05) is 6.92 Å². The highest BCUT2D eigenvalue weighted by Gasteiger charge is 2.28. The van der Waals surface area contributed by atoms with Crippen LogP contribution in [0.4, 0.5) is 13.2 Å². The maximum Gasteiger partial charge on any atom is 0.393 e. The molecule has 78 valence electrons. The molecule has 0 fully saturated rings. The van der Waals surface area contributed by atoms with E-state index in [9.17, 15) is 13.2 Å². The smallest absolute Gasteiger partial charge is 0.171 e. The molecule has 1 rings (SSSR count). The molecule has 0 spiro atoms. The number of hydrogen-bond acceptors (Lipinski definition) is 0. The van der Waals surface area contributed by atoms with E-state index in [-0.39, 0.29) is 10.6 Å². The van der Waals surface area contributed by atoms with Gasteiger partial charge >= 0.3 is 6.18 Å². The minimum atomic E-state index is -4.20. The van der Waals surface area contributed by atoms with E-state index in [2.05, 4.69) is 0 Å². The average molecular weight is 223 g/mol. The standard InChI is InChI=1S/C10H10ClF3/c1-2-7-3-4-9(11)8(5-7)6-10(12,13)14/h3-5H,2,6H2,1H3. The van der Waals surface area contributed by atoms with Crippen LogP contribution in [-0.2, 0) is 12.8 Å². The molecule has 0 aromatic heterocycles. The third-order valence-corrected chi connectivity index (χ3v) is 2.28. The van der Waals surface area contributed by atoms with Crippen LogP contribution in [0.1, 0.15) is 18.1 Å². The molecule has 0 nitrogen and oxygen atoms in total. The first-order chi connectivity index (χ1) is 6.42. The van der Waals surface area contributed by atoms with Crippen molar-refractivity contribution in [2.24, 2.45) is 0 Å². The third kappa shape index (κ3) is 3.22. The van der Waals surface area contributed by atoms with E-state index in [0.29, 0.717) is 6.42 Å². The Kier molecular flexibility index (Phi) is 3.43. The zero-order valence-electron chi connectivity index (χ0n) is 7.66. The van der Waals surface area contributed by atoms with E-state index in [4.69, 9.17) is 11.6 Å². The van der Waals surface area contributed by atoms with Crippen molar-refractivity contribution in [3.63, 3.8) is 0 Å². The molecule has 4 heteroatoms. The fraction of sp³-hybridized carbons (Fsp3) is 0.400. The number of hydrogen-bond donors (Lipinski definition) is 0. The van der Waals surface area contributed by atoms with Crippen molar-refractivity contribution in [3.8, 4) is 0 Å². The van der Waals surface area contributed by atoms with Crippen LogP contribution in [0.3, 0.4) is 0 Å². The van der Waals surface area contributed by atoms with Crippen molar-refractivity contribution in [1.29, 1.82) is 0 Å². The van der Waals surface area contributed by atoms with Gasteiger partial charge in [-0.3, -0.25) is 0 Å². The SMILES string of the molecule is CCc1ccc(Cl)c(CC(F)(F)F)c1. The summed E-state index contributed by atoms with van der Waals surface area (Å²) in [5, 5.41) is 0.180. The zero-order valence-corrected chi connectivity index (χ0v) is 8.41. The highest BCUT2D eigenvalue weighted by Crippen LogP contribution is 2.26. The lowest BCUT2D eigenvalue weighted by Crippen LogP contribution is -2.12. The molecule has 0 bridgehead atoms. The molecule has 0 radical (unpaired) electrons.